The van der Waals surface area contributed by atoms with Gasteiger partial charge in [-0.05, 0) is 31.4 Å². The third-order valence-electron chi connectivity index (χ3n) is 2.48. The maximum Gasteiger partial charge on any atom is 0.0577 e. The van der Waals surface area contributed by atoms with Crippen molar-refractivity contribution in [3.63, 3.8) is 0 Å². The van der Waals surface area contributed by atoms with Gasteiger partial charge in [0.25, 0.3) is 0 Å². The van der Waals surface area contributed by atoms with Crippen molar-refractivity contribution in [2.24, 2.45) is 0 Å². The molecule has 1 rings (SSSR count). The molecule has 0 aliphatic heterocycles. The van der Waals surface area contributed by atoms with Gasteiger partial charge in [0.05, 0.1) is 5.38 Å². The van der Waals surface area contributed by atoms with Crippen molar-refractivity contribution in [3.8, 4) is 0 Å². The quantitative estimate of drug-likeness (QED) is 0.579. The van der Waals surface area contributed by atoms with Crippen LogP contribution in [0.2, 0.25) is 0 Å². The molecule has 2 nitrogen and oxygen atoms in total. The van der Waals surface area contributed by atoms with Crippen LogP contribution in [-0.2, 0) is 4.74 Å². The summed E-state index contributed by atoms with van der Waals surface area (Å²) in [6.07, 6.45) is 2.20. The first-order chi connectivity index (χ1) is 7.75. The summed E-state index contributed by atoms with van der Waals surface area (Å²) < 4.78 is 5.01. The smallest absolute Gasteiger partial charge is 0.0577 e. The Hall–Kier alpha value is -0.730. The van der Waals surface area contributed by atoms with E-state index in [9.17, 15) is 0 Å². The molecule has 0 saturated heterocycles. The Kier molecular flexibility index (Phi) is 6.27. The average molecular weight is 242 g/mol. The van der Waals surface area contributed by atoms with Crippen LogP contribution in [0.15, 0.2) is 24.3 Å². The highest BCUT2D eigenvalue weighted by Crippen LogP contribution is 2.26. The van der Waals surface area contributed by atoms with Crippen molar-refractivity contribution in [3.05, 3.63) is 29.8 Å². The number of ether oxygens (including phenoxy) is 1. The minimum Gasteiger partial charge on any atom is -0.385 e. The number of methoxy groups -OCH3 is 1. The van der Waals surface area contributed by atoms with E-state index >= 15 is 0 Å². The van der Waals surface area contributed by atoms with Gasteiger partial charge in [0.1, 0.15) is 0 Å². The molecule has 0 amide bonds. The lowest BCUT2D eigenvalue weighted by Crippen LogP contribution is -2.05. The third kappa shape index (κ3) is 4.42. The molecule has 0 radical (unpaired) electrons. The van der Waals surface area contributed by atoms with Crippen molar-refractivity contribution in [2.45, 2.75) is 25.1 Å². The first-order valence-corrected chi connectivity index (χ1v) is 6.15. The Morgan fingerprint density at radius 2 is 2.06 bits per heavy atom. The number of unbranched alkanes of at least 4 members (excludes halogenated alkanes) is 1. The number of rotatable bonds is 7. The molecule has 1 N–H and O–H groups in total. The van der Waals surface area contributed by atoms with Crippen LogP contribution in [0.5, 0.6) is 0 Å². The van der Waals surface area contributed by atoms with E-state index in [2.05, 4.69) is 17.4 Å². The van der Waals surface area contributed by atoms with E-state index in [0.717, 1.165) is 37.2 Å². The number of hydrogen-bond acceptors (Lipinski definition) is 2. The molecule has 3 heteroatoms. The van der Waals surface area contributed by atoms with Gasteiger partial charge in [-0.25, -0.2) is 0 Å². The van der Waals surface area contributed by atoms with E-state index in [1.807, 2.05) is 19.1 Å². The number of anilines is 1. The molecule has 0 spiro atoms. The molecule has 0 aliphatic rings. The molecule has 0 heterocycles. The second kappa shape index (κ2) is 7.53. The van der Waals surface area contributed by atoms with E-state index in [0.29, 0.717) is 0 Å². The van der Waals surface area contributed by atoms with Gasteiger partial charge in [-0.1, -0.05) is 18.2 Å². The lowest BCUT2D eigenvalue weighted by molar-refractivity contribution is 0.194. The Labute approximate surface area is 103 Å². The second-order valence-corrected chi connectivity index (χ2v) is 4.48. The van der Waals surface area contributed by atoms with E-state index in [1.54, 1.807) is 7.11 Å². The number of halogens is 1. The topological polar surface area (TPSA) is 21.3 Å². The molecule has 1 atom stereocenters. The fraction of sp³-hybridized carbons (Fsp3) is 0.538. The summed E-state index contributed by atoms with van der Waals surface area (Å²) in [4.78, 5) is 0. The van der Waals surface area contributed by atoms with Gasteiger partial charge in [0.15, 0.2) is 0 Å². The minimum atomic E-state index is 0.0441. The van der Waals surface area contributed by atoms with Gasteiger partial charge in [0, 0.05) is 25.9 Å². The molecule has 1 unspecified atom stereocenters. The summed E-state index contributed by atoms with van der Waals surface area (Å²) in [6, 6.07) is 8.18. The molecule has 16 heavy (non-hydrogen) atoms. The molecule has 1 aromatic carbocycles. The van der Waals surface area contributed by atoms with Crippen LogP contribution in [0.3, 0.4) is 0 Å². The zero-order valence-electron chi connectivity index (χ0n) is 10.0. The molecular weight excluding hydrogens is 222 g/mol. The average Bonchev–Trinajstić information content (AvgIpc) is 2.29. The molecule has 0 bridgehead atoms. The summed E-state index contributed by atoms with van der Waals surface area (Å²) in [6.45, 7) is 3.78. The van der Waals surface area contributed by atoms with Gasteiger partial charge in [-0.2, -0.15) is 0 Å². The van der Waals surface area contributed by atoms with E-state index in [4.69, 9.17) is 16.3 Å². The maximum absolute atomic E-state index is 6.11. The lowest BCUT2D eigenvalue weighted by atomic mass is 10.1. The zero-order valence-corrected chi connectivity index (χ0v) is 10.8. The molecule has 1 aromatic rings. The van der Waals surface area contributed by atoms with Crippen LogP contribution >= 0.6 is 11.6 Å². The van der Waals surface area contributed by atoms with Crippen LogP contribution in [0.1, 0.15) is 30.7 Å². The third-order valence-corrected chi connectivity index (χ3v) is 2.72. The van der Waals surface area contributed by atoms with Crippen molar-refractivity contribution < 1.29 is 4.74 Å². The molecular formula is C13H20ClNO. The van der Waals surface area contributed by atoms with Crippen LogP contribution in [-0.4, -0.2) is 20.3 Å². The monoisotopic (exact) mass is 241 g/mol. The molecule has 0 aliphatic carbocycles. The first-order valence-electron chi connectivity index (χ1n) is 5.71. The number of nitrogens with one attached hydrogen (secondary N) is 1. The van der Waals surface area contributed by atoms with Crippen LogP contribution in [0.25, 0.3) is 0 Å². The largest absolute Gasteiger partial charge is 0.385 e. The first kappa shape index (κ1) is 13.3. The highest BCUT2D eigenvalue weighted by molar-refractivity contribution is 6.21. The van der Waals surface area contributed by atoms with Crippen molar-refractivity contribution in [2.75, 3.05) is 25.6 Å². The fourth-order valence-electron chi connectivity index (χ4n) is 1.60. The van der Waals surface area contributed by atoms with Crippen molar-refractivity contribution in [1.82, 2.24) is 0 Å². The Morgan fingerprint density at radius 1 is 1.31 bits per heavy atom. The van der Waals surface area contributed by atoms with Gasteiger partial charge in [0.2, 0.25) is 0 Å². The Balaban J connectivity index is 2.41. The number of para-hydroxylation sites is 1. The van der Waals surface area contributed by atoms with Crippen LogP contribution in [0, 0.1) is 0 Å². The highest BCUT2D eigenvalue weighted by atomic mass is 35.5. The summed E-state index contributed by atoms with van der Waals surface area (Å²) in [5.74, 6) is 0. The number of benzene rings is 1. The SMILES string of the molecule is COCCCCNc1ccccc1C(C)Cl. The summed E-state index contributed by atoms with van der Waals surface area (Å²) in [7, 11) is 1.73. The summed E-state index contributed by atoms with van der Waals surface area (Å²) in [5, 5.41) is 3.46. The summed E-state index contributed by atoms with van der Waals surface area (Å²) in [5.41, 5.74) is 2.30. The molecule has 0 saturated carbocycles. The molecule has 90 valence electrons. The van der Waals surface area contributed by atoms with E-state index < -0.39 is 0 Å². The van der Waals surface area contributed by atoms with E-state index in [1.165, 1.54) is 0 Å². The predicted molar refractivity (Wildman–Crippen MR) is 70.3 cm³/mol. The lowest BCUT2D eigenvalue weighted by Gasteiger charge is -2.13. The van der Waals surface area contributed by atoms with Crippen LogP contribution < -0.4 is 5.32 Å². The van der Waals surface area contributed by atoms with Crippen molar-refractivity contribution in [1.29, 1.82) is 0 Å². The van der Waals surface area contributed by atoms with Gasteiger partial charge in [-0.3, -0.25) is 0 Å². The standard InChI is InChI=1S/C13H20ClNO/c1-11(14)12-7-3-4-8-13(12)15-9-5-6-10-16-2/h3-4,7-8,11,15H,5-6,9-10H2,1-2H3. The Morgan fingerprint density at radius 3 is 2.75 bits per heavy atom. The van der Waals surface area contributed by atoms with Crippen LogP contribution in [0.4, 0.5) is 5.69 Å². The second-order valence-electron chi connectivity index (χ2n) is 3.83. The normalized spacial score (nSPS) is 12.4. The van der Waals surface area contributed by atoms with Crippen molar-refractivity contribution >= 4 is 17.3 Å². The highest BCUT2D eigenvalue weighted by Gasteiger charge is 2.05. The molecule has 0 aromatic heterocycles. The molecule has 0 fully saturated rings. The van der Waals surface area contributed by atoms with E-state index in [-0.39, 0.29) is 5.38 Å². The predicted octanol–water partition coefficient (Wildman–Crippen LogP) is 3.82. The van der Waals surface area contributed by atoms with Gasteiger partial charge < -0.3 is 10.1 Å². The maximum atomic E-state index is 6.11. The summed E-state index contributed by atoms with van der Waals surface area (Å²) >= 11 is 6.11. The Bertz CT molecular complexity index is 302. The zero-order chi connectivity index (χ0) is 11.8. The fourth-order valence-corrected chi connectivity index (χ4v) is 1.79. The number of alkyl halides is 1. The minimum absolute atomic E-state index is 0.0441. The number of hydrogen-bond donors (Lipinski definition) is 1. The van der Waals surface area contributed by atoms with Gasteiger partial charge >= 0.3 is 0 Å². The van der Waals surface area contributed by atoms with Gasteiger partial charge in [-0.15, -0.1) is 11.6 Å².